The summed E-state index contributed by atoms with van der Waals surface area (Å²) in [5, 5.41) is 13.0. The largest absolute Gasteiger partial charge is 0.480 e. The Bertz CT molecular complexity index is 589. The van der Waals surface area contributed by atoms with Gasteiger partial charge in [0.1, 0.15) is 6.04 Å². The van der Waals surface area contributed by atoms with Crippen LogP contribution in [0.15, 0.2) is 17.3 Å². The third-order valence-corrected chi connectivity index (χ3v) is 5.53. The van der Waals surface area contributed by atoms with E-state index in [2.05, 4.69) is 5.10 Å². The maximum Gasteiger partial charge on any atom is 0.320 e. The molecule has 0 radical (unpaired) electrons. The predicted octanol–water partition coefficient (Wildman–Crippen LogP) is -0.800. The van der Waals surface area contributed by atoms with Crippen LogP contribution in [0.4, 0.5) is 0 Å². The molecule has 0 aliphatic carbocycles. The van der Waals surface area contributed by atoms with Crippen molar-refractivity contribution in [1.82, 2.24) is 19.0 Å². The first-order valence-electron chi connectivity index (χ1n) is 6.29. The molecule has 2 heterocycles. The van der Waals surface area contributed by atoms with Gasteiger partial charge in [0.05, 0.1) is 6.20 Å². The molecule has 0 spiro atoms. The molecule has 2 rings (SSSR count). The van der Waals surface area contributed by atoms with Crippen molar-refractivity contribution in [1.29, 1.82) is 0 Å². The number of hydrogen-bond donors (Lipinski definition) is 1. The van der Waals surface area contributed by atoms with Crippen LogP contribution in [0.2, 0.25) is 0 Å². The molecular formula is C11H18N4O4S. The average Bonchev–Trinajstić information content (AvgIpc) is 2.85. The Morgan fingerprint density at radius 3 is 2.40 bits per heavy atom. The van der Waals surface area contributed by atoms with E-state index in [0.29, 0.717) is 13.1 Å². The first kappa shape index (κ1) is 14.9. The van der Waals surface area contributed by atoms with E-state index in [-0.39, 0.29) is 18.1 Å². The molecule has 9 heteroatoms. The van der Waals surface area contributed by atoms with Crippen LogP contribution in [-0.2, 0) is 21.9 Å². The lowest BCUT2D eigenvalue weighted by atomic mass is 10.2. The van der Waals surface area contributed by atoms with E-state index in [9.17, 15) is 13.2 Å². The molecule has 1 saturated heterocycles. The lowest BCUT2D eigenvalue weighted by Gasteiger charge is -2.35. The van der Waals surface area contributed by atoms with Crippen molar-refractivity contribution < 1.29 is 18.3 Å². The number of carbonyl (C=O) groups is 1. The monoisotopic (exact) mass is 302 g/mol. The SMILES string of the molecule is CC(C(=O)O)N1CCN(S(=O)(=O)c2ccnn2C)CC1. The molecular weight excluding hydrogens is 284 g/mol. The number of aliphatic carboxylic acids is 1. The zero-order chi connectivity index (χ0) is 14.9. The molecule has 20 heavy (non-hydrogen) atoms. The van der Waals surface area contributed by atoms with Crippen molar-refractivity contribution in [3.8, 4) is 0 Å². The van der Waals surface area contributed by atoms with Crippen LogP contribution >= 0.6 is 0 Å². The molecule has 1 atom stereocenters. The highest BCUT2D eigenvalue weighted by Gasteiger charge is 2.32. The number of carboxylic acids is 1. The number of hydrogen-bond acceptors (Lipinski definition) is 5. The quantitative estimate of drug-likeness (QED) is 0.782. The molecule has 1 aliphatic heterocycles. The van der Waals surface area contributed by atoms with Gasteiger partial charge in [-0.15, -0.1) is 0 Å². The summed E-state index contributed by atoms with van der Waals surface area (Å²) in [5.74, 6) is -0.895. The molecule has 1 unspecified atom stereocenters. The average molecular weight is 302 g/mol. The molecule has 1 N–H and O–H groups in total. The van der Waals surface area contributed by atoms with E-state index in [1.54, 1.807) is 18.9 Å². The van der Waals surface area contributed by atoms with E-state index >= 15 is 0 Å². The summed E-state index contributed by atoms with van der Waals surface area (Å²) in [5.41, 5.74) is 0. The zero-order valence-electron chi connectivity index (χ0n) is 11.4. The zero-order valence-corrected chi connectivity index (χ0v) is 12.2. The Morgan fingerprint density at radius 1 is 1.35 bits per heavy atom. The summed E-state index contributed by atoms with van der Waals surface area (Å²) in [6.45, 7) is 2.99. The van der Waals surface area contributed by atoms with Gasteiger partial charge in [-0.2, -0.15) is 9.40 Å². The van der Waals surface area contributed by atoms with Crippen molar-refractivity contribution in [2.45, 2.75) is 18.0 Å². The number of carboxylic acid groups (broad SMARTS) is 1. The number of aryl methyl sites for hydroxylation is 1. The van der Waals surface area contributed by atoms with Gasteiger partial charge in [0, 0.05) is 33.2 Å². The number of sulfonamides is 1. The Labute approximate surface area is 117 Å². The van der Waals surface area contributed by atoms with E-state index in [0.717, 1.165) is 0 Å². The van der Waals surface area contributed by atoms with Gasteiger partial charge in [-0.1, -0.05) is 0 Å². The van der Waals surface area contributed by atoms with Crippen molar-refractivity contribution in [2.75, 3.05) is 26.2 Å². The fourth-order valence-electron chi connectivity index (χ4n) is 2.23. The van der Waals surface area contributed by atoms with Gasteiger partial charge in [0.2, 0.25) is 0 Å². The third kappa shape index (κ3) is 2.69. The number of aromatic nitrogens is 2. The second-order valence-corrected chi connectivity index (χ2v) is 6.63. The van der Waals surface area contributed by atoms with Gasteiger partial charge in [-0.25, -0.2) is 8.42 Å². The number of nitrogens with zero attached hydrogens (tertiary/aromatic N) is 4. The molecule has 0 bridgehead atoms. The van der Waals surface area contributed by atoms with Crippen LogP contribution in [0.1, 0.15) is 6.92 Å². The molecule has 0 saturated carbocycles. The van der Waals surface area contributed by atoms with Crippen LogP contribution in [0.3, 0.4) is 0 Å². The molecule has 1 aromatic rings. The Morgan fingerprint density at radius 2 is 1.95 bits per heavy atom. The Hall–Kier alpha value is -1.45. The third-order valence-electron chi connectivity index (χ3n) is 3.56. The number of rotatable bonds is 4. The minimum Gasteiger partial charge on any atom is -0.480 e. The maximum absolute atomic E-state index is 12.4. The fourth-order valence-corrected chi connectivity index (χ4v) is 3.76. The highest BCUT2D eigenvalue weighted by Crippen LogP contribution is 2.17. The van der Waals surface area contributed by atoms with Crippen LogP contribution < -0.4 is 0 Å². The molecule has 1 aliphatic rings. The summed E-state index contributed by atoms with van der Waals surface area (Å²) in [6.07, 6.45) is 1.44. The highest BCUT2D eigenvalue weighted by atomic mass is 32.2. The number of piperazine rings is 1. The summed E-state index contributed by atoms with van der Waals surface area (Å²) < 4.78 is 27.5. The maximum atomic E-state index is 12.4. The summed E-state index contributed by atoms with van der Waals surface area (Å²) in [4.78, 5) is 12.7. The molecule has 0 amide bonds. The van der Waals surface area contributed by atoms with E-state index < -0.39 is 22.0 Å². The van der Waals surface area contributed by atoms with Gasteiger partial charge in [0.15, 0.2) is 5.03 Å². The van der Waals surface area contributed by atoms with Crippen molar-refractivity contribution in [3.05, 3.63) is 12.3 Å². The second kappa shape index (κ2) is 5.51. The minimum atomic E-state index is -3.56. The second-order valence-electron chi connectivity index (χ2n) is 4.75. The molecule has 112 valence electrons. The Kier molecular flexibility index (Phi) is 4.11. The van der Waals surface area contributed by atoms with E-state index in [1.165, 1.54) is 21.3 Å². The van der Waals surface area contributed by atoms with Crippen molar-refractivity contribution >= 4 is 16.0 Å². The minimum absolute atomic E-state index is 0.150. The van der Waals surface area contributed by atoms with Gasteiger partial charge < -0.3 is 5.11 Å². The van der Waals surface area contributed by atoms with Crippen LogP contribution in [0, 0.1) is 0 Å². The topological polar surface area (TPSA) is 95.7 Å². The predicted molar refractivity (Wildman–Crippen MR) is 70.6 cm³/mol. The summed E-state index contributed by atoms with van der Waals surface area (Å²) >= 11 is 0. The Balaban J connectivity index is 2.08. The fraction of sp³-hybridized carbons (Fsp3) is 0.636. The standard InChI is InChI=1S/C11H18N4O4S/c1-9(11(16)17)14-5-7-15(8-6-14)20(18,19)10-3-4-12-13(10)2/h3-4,9H,5-8H2,1-2H3,(H,16,17). The normalized spacial score (nSPS) is 19.9. The van der Waals surface area contributed by atoms with E-state index in [4.69, 9.17) is 5.11 Å². The molecule has 1 aromatic heterocycles. The van der Waals surface area contributed by atoms with Crippen LogP contribution in [-0.4, -0.2) is 70.7 Å². The lowest BCUT2D eigenvalue weighted by Crippen LogP contribution is -2.53. The lowest BCUT2D eigenvalue weighted by molar-refractivity contribution is -0.143. The molecule has 0 aromatic carbocycles. The first-order chi connectivity index (χ1) is 9.34. The summed E-state index contributed by atoms with van der Waals surface area (Å²) in [7, 11) is -1.98. The summed E-state index contributed by atoms with van der Waals surface area (Å²) in [6, 6.07) is 0.859. The smallest absolute Gasteiger partial charge is 0.320 e. The first-order valence-corrected chi connectivity index (χ1v) is 7.73. The van der Waals surface area contributed by atoms with Gasteiger partial charge in [-0.05, 0) is 13.0 Å². The van der Waals surface area contributed by atoms with E-state index in [1.807, 2.05) is 0 Å². The van der Waals surface area contributed by atoms with Gasteiger partial charge in [0.25, 0.3) is 10.0 Å². The van der Waals surface area contributed by atoms with Crippen LogP contribution in [0.25, 0.3) is 0 Å². The van der Waals surface area contributed by atoms with Gasteiger partial charge in [-0.3, -0.25) is 14.4 Å². The molecule has 8 nitrogen and oxygen atoms in total. The van der Waals surface area contributed by atoms with Crippen molar-refractivity contribution in [3.63, 3.8) is 0 Å². The van der Waals surface area contributed by atoms with Crippen molar-refractivity contribution in [2.24, 2.45) is 7.05 Å². The molecule has 1 fully saturated rings. The van der Waals surface area contributed by atoms with Gasteiger partial charge >= 0.3 is 5.97 Å². The highest BCUT2D eigenvalue weighted by molar-refractivity contribution is 7.89. The van der Waals surface area contributed by atoms with Crippen LogP contribution in [0.5, 0.6) is 0 Å².